The van der Waals surface area contributed by atoms with Crippen LogP contribution in [0.1, 0.15) is 18.9 Å². The van der Waals surface area contributed by atoms with Gasteiger partial charge >= 0.3 is 6.03 Å². The molecule has 1 aliphatic rings. The lowest BCUT2D eigenvalue weighted by molar-refractivity contribution is -0.124. The van der Waals surface area contributed by atoms with Gasteiger partial charge in [0.2, 0.25) is 11.8 Å². The van der Waals surface area contributed by atoms with E-state index in [9.17, 15) is 14.4 Å². The third-order valence-electron chi connectivity index (χ3n) is 4.32. The van der Waals surface area contributed by atoms with Crippen LogP contribution in [-0.2, 0) is 14.3 Å². The van der Waals surface area contributed by atoms with Crippen molar-refractivity contribution < 1.29 is 19.1 Å². The highest BCUT2D eigenvalue weighted by Gasteiger charge is 2.30. The van der Waals surface area contributed by atoms with E-state index in [0.717, 1.165) is 5.56 Å². The molecule has 0 spiro atoms. The van der Waals surface area contributed by atoms with E-state index in [1.165, 1.54) is 7.11 Å². The Kier molecular flexibility index (Phi) is 6.97. The van der Waals surface area contributed by atoms with Crippen LogP contribution in [0.4, 0.5) is 16.2 Å². The molecular formula is C18H26N4O4. The molecule has 0 saturated carbocycles. The summed E-state index contributed by atoms with van der Waals surface area (Å²) in [5, 5.41) is 8.40. The minimum absolute atomic E-state index is 0.0122. The van der Waals surface area contributed by atoms with E-state index >= 15 is 0 Å². The number of amides is 4. The van der Waals surface area contributed by atoms with Crippen LogP contribution in [0.5, 0.6) is 0 Å². The number of benzene rings is 1. The molecule has 0 radical (unpaired) electrons. The van der Waals surface area contributed by atoms with Gasteiger partial charge in [0.05, 0.1) is 5.92 Å². The van der Waals surface area contributed by atoms with Gasteiger partial charge < -0.3 is 25.6 Å². The van der Waals surface area contributed by atoms with Crippen molar-refractivity contribution in [1.82, 2.24) is 10.2 Å². The van der Waals surface area contributed by atoms with Gasteiger partial charge in [0.1, 0.15) is 6.61 Å². The lowest BCUT2D eigenvalue weighted by atomic mass is 10.1. The van der Waals surface area contributed by atoms with Crippen molar-refractivity contribution in [2.75, 3.05) is 44.0 Å². The van der Waals surface area contributed by atoms with E-state index in [4.69, 9.17) is 4.74 Å². The van der Waals surface area contributed by atoms with Crippen LogP contribution < -0.4 is 16.0 Å². The molecule has 142 valence electrons. The number of ether oxygens (including phenoxy) is 1. The Morgan fingerprint density at radius 1 is 1.23 bits per heavy atom. The van der Waals surface area contributed by atoms with Crippen molar-refractivity contribution in [2.24, 2.45) is 5.92 Å². The van der Waals surface area contributed by atoms with Crippen LogP contribution in [-0.4, -0.2) is 56.1 Å². The van der Waals surface area contributed by atoms with Gasteiger partial charge in [-0.1, -0.05) is 6.07 Å². The van der Waals surface area contributed by atoms with E-state index < -0.39 is 0 Å². The Balaban J connectivity index is 1.99. The summed E-state index contributed by atoms with van der Waals surface area (Å²) in [6.45, 7) is 5.18. The standard InChI is InChI=1S/C18H26N4O4/c1-4-19-17(24)13-8-9-22(10-13)18(25)21-15-7-5-6-14(12(15)2)20-16(23)11-26-3/h5-7,13H,4,8-11H2,1-3H3,(H,19,24)(H,20,23)(H,21,25)/t13-/m0/s1. The topological polar surface area (TPSA) is 99.8 Å². The minimum atomic E-state index is -0.261. The van der Waals surface area contributed by atoms with Gasteiger partial charge in [-0.3, -0.25) is 9.59 Å². The quantitative estimate of drug-likeness (QED) is 0.715. The fourth-order valence-corrected chi connectivity index (χ4v) is 2.90. The fourth-order valence-electron chi connectivity index (χ4n) is 2.90. The number of anilines is 2. The van der Waals surface area contributed by atoms with Gasteiger partial charge in [0, 0.05) is 38.1 Å². The molecule has 1 aliphatic heterocycles. The predicted octanol–water partition coefficient (Wildman–Crippen LogP) is 1.57. The van der Waals surface area contributed by atoms with Gasteiger partial charge in [-0.15, -0.1) is 0 Å². The number of hydrogen-bond acceptors (Lipinski definition) is 4. The van der Waals surface area contributed by atoms with Crippen LogP contribution in [0, 0.1) is 12.8 Å². The first-order valence-electron chi connectivity index (χ1n) is 8.68. The molecule has 2 rings (SSSR count). The van der Waals surface area contributed by atoms with E-state index in [1.807, 2.05) is 13.8 Å². The second-order valence-electron chi connectivity index (χ2n) is 6.22. The van der Waals surface area contributed by atoms with Crippen LogP contribution in [0.2, 0.25) is 0 Å². The average Bonchev–Trinajstić information content (AvgIpc) is 3.09. The molecule has 1 atom stereocenters. The molecule has 8 nitrogen and oxygen atoms in total. The molecule has 1 saturated heterocycles. The van der Waals surface area contributed by atoms with Crippen molar-refractivity contribution in [2.45, 2.75) is 20.3 Å². The van der Waals surface area contributed by atoms with Gasteiger partial charge in [0.15, 0.2) is 0 Å². The molecular weight excluding hydrogens is 336 g/mol. The number of likely N-dealkylation sites (tertiary alicyclic amines) is 1. The molecule has 1 heterocycles. The van der Waals surface area contributed by atoms with Crippen molar-refractivity contribution in [3.8, 4) is 0 Å². The number of hydrogen-bond donors (Lipinski definition) is 3. The number of rotatable bonds is 6. The van der Waals surface area contributed by atoms with E-state index in [0.29, 0.717) is 37.4 Å². The second-order valence-corrected chi connectivity index (χ2v) is 6.22. The zero-order valence-electron chi connectivity index (χ0n) is 15.4. The van der Waals surface area contributed by atoms with Gasteiger partial charge in [-0.25, -0.2) is 4.79 Å². The Bertz CT molecular complexity index is 677. The SMILES string of the molecule is CCNC(=O)[C@H]1CCN(C(=O)Nc2cccc(NC(=O)COC)c2C)C1. The monoisotopic (exact) mass is 362 g/mol. The molecule has 0 bridgehead atoms. The molecule has 26 heavy (non-hydrogen) atoms. The first-order chi connectivity index (χ1) is 12.5. The van der Waals surface area contributed by atoms with Crippen molar-refractivity contribution in [3.63, 3.8) is 0 Å². The summed E-state index contributed by atoms with van der Waals surface area (Å²) in [7, 11) is 1.45. The molecule has 1 aromatic rings. The lowest BCUT2D eigenvalue weighted by Gasteiger charge is -2.19. The Labute approximate surface area is 153 Å². The van der Waals surface area contributed by atoms with Crippen molar-refractivity contribution >= 4 is 29.2 Å². The third kappa shape index (κ3) is 4.95. The van der Waals surface area contributed by atoms with E-state index in [-0.39, 0.29) is 30.4 Å². The molecule has 4 amide bonds. The fraction of sp³-hybridized carbons (Fsp3) is 0.500. The van der Waals surface area contributed by atoms with Crippen LogP contribution in [0.15, 0.2) is 18.2 Å². The summed E-state index contributed by atoms with van der Waals surface area (Å²) in [5.41, 5.74) is 1.99. The zero-order valence-corrected chi connectivity index (χ0v) is 15.4. The normalized spacial score (nSPS) is 16.3. The Morgan fingerprint density at radius 2 is 1.92 bits per heavy atom. The minimum Gasteiger partial charge on any atom is -0.375 e. The first-order valence-corrected chi connectivity index (χ1v) is 8.68. The molecule has 1 fully saturated rings. The third-order valence-corrected chi connectivity index (χ3v) is 4.32. The van der Waals surface area contributed by atoms with Crippen LogP contribution in [0.25, 0.3) is 0 Å². The summed E-state index contributed by atoms with van der Waals surface area (Å²) >= 11 is 0. The number of methoxy groups -OCH3 is 1. The predicted molar refractivity (Wildman–Crippen MR) is 99.1 cm³/mol. The Morgan fingerprint density at radius 3 is 2.58 bits per heavy atom. The van der Waals surface area contributed by atoms with Crippen molar-refractivity contribution in [3.05, 3.63) is 23.8 Å². The maximum atomic E-state index is 12.5. The van der Waals surface area contributed by atoms with Crippen molar-refractivity contribution in [1.29, 1.82) is 0 Å². The largest absolute Gasteiger partial charge is 0.375 e. The summed E-state index contributed by atoms with van der Waals surface area (Å²) < 4.78 is 4.80. The smallest absolute Gasteiger partial charge is 0.321 e. The summed E-state index contributed by atoms with van der Waals surface area (Å²) in [4.78, 5) is 37.7. The highest BCUT2D eigenvalue weighted by molar-refractivity contribution is 5.96. The summed E-state index contributed by atoms with van der Waals surface area (Å²) in [5.74, 6) is -0.438. The average molecular weight is 362 g/mol. The molecule has 0 aromatic heterocycles. The highest BCUT2D eigenvalue weighted by atomic mass is 16.5. The number of carbonyl (C=O) groups excluding carboxylic acids is 3. The number of nitrogens with one attached hydrogen (secondary N) is 3. The maximum Gasteiger partial charge on any atom is 0.321 e. The molecule has 0 unspecified atom stereocenters. The summed E-state index contributed by atoms with van der Waals surface area (Å²) in [6.07, 6.45) is 0.658. The summed E-state index contributed by atoms with van der Waals surface area (Å²) in [6, 6.07) is 5.04. The second kappa shape index (κ2) is 9.19. The molecule has 3 N–H and O–H groups in total. The van der Waals surface area contributed by atoms with E-state index in [1.54, 1.807) is 23.1 Å². The lowest BCUT2D eigenvalue weighted by Crippen LogP contribution is -2.36. The zero-order chi connectivity index (χ0) is 19.1. The van der Waals surface area contributed by atoms with E-state index in [2.05, 4.69) is 16.0 Å². The van der Waals surface area contributed by atoms with Gasteiger partial charge in [0.25, 0.3) is 0 Å². The van der Waals surface area contributed by atoms with Crippen LogP contribution in [0.3, 0.4) is 0 Å². The Hall–Kier alpha value is -2.61. The number of nitrogens with zero attached hydrogens (tertiary/aromatic N) is 1. The molecule has 8 heteroatoms. The molecule has 1 aromatic carbocycles. The maximum absolute atomic E-state index is 12.5. The number of urea groups is 1. The van der Waals surface area contributed by atoms with Gasteiger partial charge in [-0.05, 0) is 38.0 Å². The van der Waals surface area contributed by atoms with Crippen LogP contribution >= 0.6 is 0 Å². The van der Waals surface area contributed by atoms with Gasteiger partial charge in [-0.2, -0.15) is 0 Å². The number of carbonyl (C=O) groups is 3. The first kappa shape index (κ1) is 19.7. The molecule has 0 aliphatic carbocycles. The highest BCUT2D eigenvalue weighted by Crippen LogP contribution is 2.25.